The molecule has 2 N–H and O–H groups in total. The third kappa shape index (κ3) is 5.29. The summed E-state index contributed by atoms with van der Waals surface area (Å²) in [5.41, 5.74) is -0.194. The van der Waals surface area contributed by atoms with Gasteiger partial charge in [0.15, 0.2) is 6.61 Å². The number of para-hydroxylation sites is 1. The van der Waals surface area contributed by atoms with Crippen LogP contribution in [0, 0.1) is 0 Å². The Morgan fingerprint density at radius 2 is 1.79 bits per heavy atom. The molecular weight excluding hydrogens is 424 g/mol. The van der Waals surface area contributed by atoms with Crippen molar-refractivity contribution in [3.05, 3.63) is 29.8 Å². The molecule has 2 saturated heterocycles. The Morgan fingerprint density at radius 1 is 1.12 bits per heavy atom. The predicted molar refractivity (Wildman–Crippen MR) is 122 cm³/mol. The highest BCUT2D eigenvalue weighted by atomic mass is 16.5. The molecule has 180 valence electrons. The van der Waals surface area contributed by atoms with Gasteiger partial charge in [-0.25, -0.2) is 4.79 Å². The van der Waals surface area contributed by atoms with E-state index in [-0.39, 0.29) is 25.0 Å². The van der Waals surface area contributed by atoms with Crippen molar-refractivity contribution in [2.24, 2.45) is 0 Å². The number of amides is 5. The molecule has 5 amide bonds. The number of nitrogens with one attached hydrogen (secondary N) is 2. The Morgan fingerprint density at radius 3 is 2.39 bits per heavy atom. The van der Waals surface area contributed by atoms with E-state index in [0.29, 0.717) is 25.0 Å². The summed E-state index contributed by atoms with van der Waals surface area (Å²) in [6.45, 7) is 6.71. The summed E-state index contributed by atoms with van der Waals surface area (Å²) in [6.07, 6.45) is 3.53. The van der Waals surface area contributed by atoms with Crippen LogP contribution in [0.4, 0.5) is 4.79 Å². The molecule has 1 atom stereocenters. The summed E-state index contributed by atoms with van der Waals surface area (Å²) in [7, 11) is 0. The summed E-state index contributed by atoms with van der Waals surface area (Å²) in [6, 6.07) is 6.34. The highest BCUT2D eigenvalue weighted by molar-refractivity contribution is 6.09. The number of likely N-dealkylation sites (tertiary alicyclic amines) is 1. The lowest BCUT2D eigenvalue weighted by molar-refractivity contribution is -0.135. The van der Waals surface area contributed by atoms with Gasteiger partial charge in [0.2, 0.25) is 5.91 Å². The Hall–Kier alpha value is -3.10. The summed E-state index contributed by atoms with van der Waals surface area (Å²) >= 11 is 0. The van der Waals surface area contributed by atoms with Gasteiger partial charge in [-0.05, 0) is 38.2 Å². The maximum Gasteiger partial charge on any atom is 0.325 e. The van der Waals surface area contributed by atoms with Crippen LogP contribution in [0.5, 0.6) is 5.75 Å². The molecule has 9 heteroatoms. The van der Waals surface area contributed by atoms with Gasteiger partial charge in [-0.3, -0.25) is 19.3 Å². The molecule has 1 aromatic carbocycles. The molecule has 0 bridgehead atoms. The molecule has 2 aliphatic rings. The van der Waals surface area contributed by atoms with Crippen molar-refractivity contribution in [1.29, 1.82) is 0 Å². The van der Waals surface area contributed by atoms with Crippen molar-refractivity contribution < 1.29 is 23.9 Å². The number of hydrogen-bond acceptors (Lipinski definition) is 5. The molecule has 0 saturated carbocycles. The lowest BCUT2D eigenvalue weighted by Gasteiger charge is -2.24. The summed E-state index contributed by atoms with van der Waals surface area (Å²) in [4.78, 5) is 53.1. The third-order valence-electron chi connectivity index (χ3n) is 6.60. The fraction of sp³-hybridized carbons (Fsp3) is 0.583. The van der Waals surface area contributed by atoms with Crippen molar-refractivity contribution >= 4 is 23.8 Å². The van der Waals surface area contributed by atoms with Crippen molar-refractivity contribution in [2.45, 2.75) is 64.5 Å². The first kappa shape index (κ1) is 24.5. The molecule has 33 heavy (non-hydrogen) atoms. The largest absolute Gasteiger partial charge is 0.483 e. The van der Waals surface area contributed by atoms with Gasteiger partial charge in [0, 0.05) is 18.7 Å². The lowest BCUT2D eigenvalue weighted by atomic mass is 9.93. The molecule has 2 heterocycles. The topological polar surface area (TPSA) is 108 Å². The molecule has 0 aliphatic carbocycles. The van der Waals surface area contributed by atoms with E-state index in [4.69, 9.17) is 4.74 Å². The number of carbonyl (C=O) groups is 4. The first-order valence-electron chi connectivity index (χ1n) is 11.8. The second kappa shape index (κ2) is 10.7. The fourth-order valence-electron chi connectivity index (χ4n) is 4.43. The standard InChI is InChI=1S/C24H34N4O5/c1-4-18(25-20(29)15-28-22(31)24(5-2,6-3)26-23(28)32)17-11-7-8-12-19(17)33-16-21(30)27-13-9-10-14-27/h7-8,11-12,18H,4-6,9-10,13-16H2,1-3H3,(H,25,29)(H,26,32). The van der Waals surface area contributed by atoms with Crippen molar-refractivity contribution in [3.63, 3.8) is 0 Å². The minimum atomic E-state index is -0.941. The molecule has 9 nitrogen and oxygen atoms in total. The van der Waals surface area contributed by atoms with Gasteiger partial charge in [0.25, 0.3) is 11.8 Å². The number of ether oxygens (including phenoxy) is 1. The second-order valence-corrected chi connectivity index (χ2v) is 8.55. The first-order chi connectivity index (χ1) is 15.8. The molecule has 0 radical (unpaired) electrons. The molecule has 3 rings (SSSR count). The number of benzene rings is 1. The van der Waals surface area contributed by atoms with E-state index in [1.807, 2.05) is 39.0 Å². The van der Waals surface area contributed by atoms with E-state index in [9.17, 15) is 19.2 Å². The summed E-state index contributed by atoms with van der Waals surface area (Å²) in [5.74, 6) is -0.322. The SMILES string of the molecule is CCC(NC(=O)CN1C(=O)NC(CC)(CC)C1=O)c1ccccc1OCC(=O)N1CCCC1. The quantitative estimate of drug-likeness (QED) is 0.524. The number of rotatable bonds is 10. The summed E-state index contributed by atoms with van der Waals surface area (Å²) < 4.78 is 5.83. The lowest BCUT2D eigenvalue weighted by Crippen LogP contribution is -2.46. The van der Waals surface area contributed by atoms with Crippen molar-refractivity contribution in [1.82, 2.24) is 20.4 Å². The second-order valence-electron chi connectivity index (χ2n) is 8.55. The van der Waals surface area contributed by atoms with Crippen LogP contribution in [0.3, 0.4) is 0 Å². The van der Waals surface area contributed by atoms with Gasteiger partial charge in [-0.2, -0.15) is 0 Å². The van der Waals surface area contributed by atoms with Gasteiger partial charge in [-0.15, -0.1) is 0 Å². The van der Waals surface area contributed by atoms with Gasteiger partial charge in [0.05, 0.1) is 6.04 Å². The molecule has 2 aliphatic heterocycles. The zero-order valence-electron chi connectivity index (χ0n) is 19.7. The maximum atomic E-state index is 12.8. The number of carbonyl (C=O) groups excluding carboxylic acids is 4. The summed E-state index contributed by atoms with van der Waals surface area (Å²) in [5, 5.41) is 5.64. The normalized spacial score (nSPS) is 18.3. The van der Waals surface area contributed by atoms with Crippen LogP contribution >= 0.6 is 0 Å². The van der Waals surface area contributed by atoms with Crippen LogP contribution in [-0.4, -0.2) is 65.3 Å². The zero-order valence-corrected chi connectivity index (χ0v) is 19.7. The van der Waals surface area contributed by atoms with Crippen LogP contribution in [-0.2, 0) is 14.4 Å². The smallest absolute Gasteiger partial charge is 0.325 e. The third-order valence-corrected chi connectivity index (χ3v) is 6.60. The fourth-order valence-corrected chi connectivity index (χ4v) is 4.43. The van der Waals surface area contributed by atoms with E-state index in [1.54, 1.807) is 11.0 Å². The molecule has 2 fully saturated rings. The Bertz CT molecular complexity index is 893. The maximum absolute atomic E-state index is 12.8. The van der Waals surface area contributed by atoms with E-state index >= 15 is 0 Å². The molecule has 1 aromatic rings. The van der Waals surface area contributed by atoms with Crippen LogP contribution in [0.25, 0.3) is 0 Å². The van der Waals surface area contributed by atoms with E-state index in [1.165, 1.54) is 0 Å². The Kier molecular flexibility index (Phi) is 7.94. The van der Waals surface area contributed by atoms with Gasteiger partial charge >= 0.3 is 6.03 Å². The van der Waals surface area contributed by atoms with E-state index in [0.717, 1.165) is 36.4 Å². The van der Waals surface area contributed by atoms with E-state index < -0.39 is 23.5 Å². The number of hydrogen-bond donors (Lipinski definition) is 2. The average molecular weight is 459 g/mol. The van der Waals surface area contributed by atoms with Crippen molar-refractivity contribution in [2.75, 3.05) is 26.2 Å². The molecule has 1 unspecified atom stereocenters. The van der Waals surface area contributed by atoms with Crippen LogP contribution in [0.2, 0.25) is 0 Å². The number of imide groups is 1. The number of nitrogens with zero attached hydrogens (tertiary/aromatic N) is 2. The predicted octanol–water partition coefficient (Wildman–Crippen LogP) is 2.37. The first-order valence-corrected chi connectivity index (χ1v) is 11.8. The van der Waals surface area contributed by atoms with E-state index in [2.05, 4.69) is 10.6 Å². The van der Waals surface area contributed by atoms with Gasteiger partial charge in [0.1, 0.15) is 17.8 Å². The zero-order chi connectivity index (χ0) is 24.0. The van der Waals surface area contributed by atoms with Crippen LogP contribution in [0.15, 0.2) is 24.3 Å². The van der Waals surface area contributed by atoms with Crippen molar-refractivity contribution in [3.8, 4) is 5.75 Å². The molecular formula is C24H34N4O5. The van der Waals surface area contributed by atoms with Gasteiger partial charge in [-0.1, -0.05) is 39.0 Å². The highest BCUT2D eigenvalue weighted by Gasteiger charge is 2.49. The highest BCUT2D eigenvalue weighted by Crippen LogP contribution is 2.28. The Balaban J connectivity index is 1.65. The monoisotopic (exact) mass is 458 g/mol. The average Bonchev–Trinajstić information content (AvgIpc) is 3.45. The number of urea groups is 1. The van der Waals surface area contributed by atoms with Crippen LogP contribution < -0.4 is 15.4 Å². The minimum absolute atomic E-state index is 0.0479. The van der Waals surface area contributed by atoms with Gasteiger partial charge < -0.3 is 20.3 Å². The molecule has 0 aromatic heterocycles. The Labute approximate surface area is 194 Å². The minimum Gasteiger partial charge on any atom is -0.483 e. The van der Waals surface area contributed by atoms with Crippen LogP contribution in [0.1, 0.15) is 64.5 Å². The molecule has 0 spiro atoms.